The van der Waals surface area contributed by atoms with E-state index in [1.165, 1.54) is 5.69 Å². The summed E-state index contributed by atoms with van der Waals surface area (Å²) in [4.78, 5) is 0. The van der Waals surface area contributed by atoms with E-state index in [0.29, 0.717) is 0 Å². The molecule has 1 aromatic rings. The maximum absolute atomic E-state index is 5.82. The summed E-state index contributed by atoms with van der Waals surface area (Å²) < 4.78 is 8.94. The van der Waals surface area contributed by atoms with Crippen LogP contribution in [0.4, 0.5) is 0 Å². The third-order valence-electron chi connectivity index (χ3n) is 3.40. The molecule has 0 aliphatic rings. The molecule has 0 radical (unpaired) electrons. The van der Waals surface area contributed by atoms with Crippen LogP contribution in [0.15, 0.2) is 10.7 Å². The van der Waals surface area contributed by atoms with Gasteiger partial charge in [0.1, 0.15) is 0 Å². The lowest BCUT2D eigenvalue weighted by Crippen LogP contribution is -2.42. The summed E-state index contributed by atoms with van der Waals surface area (Å²) in [6, 6.07) is 0.119. The molecule has 20 heavy (non-hydrogen) atoms. The zero-order chi connectivity index (χ0) is 15.3. The minimum absolute atomic E-state index is 0.0440. The Hall–Kier alpha value is -0.390. The molecule has 0 aromatic carbocycles. The molecule has 2 atom stereocenters. The van der Waals surface area contributed by atoms with Gasteiger partial charge in [0.25, 0.3) is 0 Å². The zero-order valence-corrected chi connectivity index (χ0v) is 15.1. The highest BCUT2D eigenvalue weighted by Crippen LogP contribution is 2.35. The summed E-state index contributed by atoms with van der Waals surface area (Å²) in [5, 5.41) is 8.05. The molecular weight excluding hydrogens is 318 g/mol. The predicted octanol–water partition coefficient (Wildman–Crippen LogP) is 3.77. The quantitative estimate of drug-likeness (QED) is 0.817. The molecule has 4 nitrogen and oxygen atoms in total. The lowest BCUT2D eigenvalue weighted by Gasteiger charge is -2.36. The smallest absolute Gasteiger partial charge is 0.0829 e. The number of rotatable bonds is 7. The summed E-state index contributed by atoms with van der Waals surface area (Å²) in [6.07, 6.45) is 3.02. The van der Waals surface area contributed by atoms with E-state index < -0.39 is 0 Å². The second-order valence-corrected chi connectivity index (χ2v) is 7.01. The highest BCUT2D eigenvalue weighted by atomic mass is 79.9. The molecule has 1 N–H and O–H groups in total. The van der Waals surface area contributed by atoms with Gasteiger partial charge in [-0.3, -0.25) is 4.68 Å². The number of methoxy groups -OCH3 is 1. The minimum Gasteiger partial charge on any atom is -0.379 e. The van der Waals surface area contributed by atoms with Crippen molar-refractivity contribution < 1.29 is 4.74 Å². The lowest BCUT2D eigenvalue weighted by atomic mass is 9.83. The number of aromatic nitrogens is 2. The van der Waals surface area contributed by atoms with Crippen molar-refractivity contribution in [1.29, 1.82) is 0 Å². The minimum atomic E-state index is 0.0440. The van der Waals surface area contributed by atoms with Gasteiger partial charge >= 0.3 is 0 Å². The molecule has 1 rings (SSSR count). The number of hydrogen-bond donors (Lipinski definition) is 1. The topological polar surface area (TPSA) is 39.1 Å². The maximum atomic E-state index is 5.82. The van der Waals surface area contributed by atoms with Gasteiger partial charge in [-0.05, 0) is 34.3 Å². The van der Waals surface area contributed by atoms with E-state index in [2.05, 4.69) is 65.6 Å². The monoisotopic (exact) mass is 345 g/mol. The fraction of sp³-hybridized carbons (Fsp3) is 0.800. The van der Waals surface area contributed by atoms with Crippen LogP contribution in [0.3, 0.4) is 0 Å². The molecule has 0 spiro atoms. The van der Waals surface area contributed by atoms with Gasteiger partial charge in [-0.1, -0.05) is 34.6 Å². The van der Waals surface area contributed by atoms with Crippen LogP contribution in [0.5, 0.6) is 0 Å². The Labute approximate surface area is 131 Å². The van der Waals surface area contributed by atoms with Crippen LogP contribution in [0.25, 0.3) is 0 Å². The number of nitrogens with one attached hydrogen (secondary N) is 1. The number of nitrogens with zero attached hydrogens (tertiary/aromatic N) is 2. The van der Waals surface area contributed by atoms with E-state index in [1.807, 2.05) is 6.20 Å². The highest BCUT2D eigenvalue weighted by Gasteiger charge is 2.35. The van der Waals surface area contributed by atoms with Gasteiger partial charge in [0.05, 0.1) is 28.5 Å². The van der Waals surface area contributed by atoms with Crippen LogP contribution < -0.4 is 5.32 Å². The van der Waals surface area contributed by atoms with E-state index in [4.69, 9.17) is 4.74 Å². The normalized spacial score (nSPS) is 15.3. The van der Waals surface area contributed by atoms with Gasteiger partial charge in [0.15, 0.2) is 0 Å². The summed E-state index contributed by atoms with van der Waals surface area (Å²) in [5.41, 5.74) is 1.22. The first-order valence-corrected chi connectivity index (χ1v) is 8.13. The molecule has 5 heteroatoms. The van der Waals surface area contributed by atoms with Crippen LogP contribution in [0, 0.1) is 5.41 Å². The van der Waals surface area contributed by atoms with Crippen molar-refractivity contribution in [2.75, 3.05) is 13.7 Å². The van der Waals surface area contributed by atoms with Crippen LogP contribution in [0.2, 0.25) is 0 Å². The number of ether oxygens (including phenoxy) is 1. The van der Waals surface area contributed by atoms with Gasteiger partial charge in [0, 0.05) is 13.7 Å². The third kappa shape index (κ3) is 4.06. The molecule has 1 heterocycles. The fourth-order valence-electron chi connectivity index (χ4n) is 2.63. The van der Waals surface area contributed by atoms with Crippen molar-refractivity contribution in [1.82, 2.24) is 15.1 Å². The Morgan fingerprint density at radius 1 is 1.40 bits per heavy atom. The first kappa shape index (κ1) is 17.7. The van der Waals surface area contributed by atoms with Crippen molar-refractivity contribution in [2.24, 2.45) is 5.41 Å². The molecule has 0 fully saturated rings. The number of hydrogen-bond acceptors (Lipinski definition) is 3. The summed E-state index contributed by atoms with van der Waals surface area (Å²) in [7, 11) is 1.79. The molecule has 0 aliphatic carbocycles. The second kappa shape index (κ2) is 7.57. The highest BCUT2D eigenvalue weighted by molar-refractivity contribution is 9.10. The molecule has 0 aliphatic heterocycles. The molecule has 0 amide bonds. The Bertz CT molecular complexity index is 412. The van der Waals surface area contributed by atoms with Gasteiger partial charge in [-0.25, -0.2) is 0 Å². The van der Waals surface area contributed by atoms with E-state index in [1.54, 1.807) is 7.11 Å². The summed E-state index contributed by atoms with van der Waals surface area (Å²) >= 11 is 3.64. The van der Waals surface area contributed by atoms with E-state index >= 15 is 0 Å². The van der Waals surface area contributed by atoms with Gasteiger partial charge in [-0.15, -0.1) is 0 Å². The van der Waals surface area contributed by atoms with Crippen molar-refractivity contribution in [3.05, 3.63) is 16.4 Å². The summed E-state index contributed by atoms with van der Waals surface area (Å²) in [6.45, 7) is 12.7. The van der Waals surface area contributed by atoms with E-state index in [9.17, 15) is 0 Å². The molecular formula is C15H28BrN3O. The van der Waals surface area contributed by atoms with E-state index in [-0.39, 0.29) is 17.6 Å². The molecule has 0 saturated carbocycles. The SMILES string of the molecule is CCCn1ncc(Br)c1C(NCC)C(OC)C(C)(C)C. The van der Waals surface area contributed by atoms with Crippen LogP contribution in [-0.2, 0) is 11.3 Å². The standard InChI is InChI=1S/C15H28BrN3O/c1-7-9-19-13(11(16)10-18-19)12(17-8-2)14(20-6)15(3,4)5/h10,12,14,17H,7-9H2,1-6H3. The molecule has 0 bridgehead atoms. The number of halogens is 1. The average molecular weight is 346 g/mol. The third-order valence-corrected chi connectivity index (χ3v) is 4.01. The first-order chi connectivity index (χ1) is 9.36. The first-order valence-electron chi connectivity index (χ1n) is 7.34. The second-order valence-electron chi connectivity index (χ2n) is 6.16. The zero-order valence-electron chi connectivity index (χ0n) is 13.5. The Balaban J connectivity index is 3.22. The largest absolute Gasteiger partial charge is 0.379 e. The molecule has 2 unspecified atom stereocenters. The van der Waals surface area contributed by atoms with Crippen molar-refractivity contribution in [3.8, 4) is 0 Å². The van der Waals surface area contributed by atoms with Crippen molar-refractivity contribution in [3.63, 3.8) is 0 Å². The number of aryl methyl sites for hydroxylation is 1. The van der Waals surface area contributed by atoms with Gasteiger partial charge < -0.3 is 10.1 Å². The van der Waals surface area contributed by atoms with Crippen molar-refractivity contribution >= 4 is 15.9 Å². The van der Waals surface area contributed by atoms with E-state index in [0.717, 1.165) is 24.0 Å². The average Bonchev–Trinajstić information content (AvgIpc) is 2.69. The maximum Gasteiger partial charge on any atom is 0.0829 e. The van der Waals surface area contributed by atoms with Crippen LogP contribution in [0.1, 0.15) is 52.8 Å². The Morgan fingerprint density at radius 3 is 2.50 bits per heavy atom. The molecule has 1 aromatic heterocycles. The predicted molar refractivity (Wildman–Crippen MR) is 86.9 cm³/mol. The number of likely N-dealkylation sites (N-methyl/N-ethyl adjacent to an activating group) is 1. The Morgan fingerprint density at radius 2 is 2.05 bits per heavy atom. The summed E-state index contributed by atoms with van der Waals surface area (Å²) in [5.74, 6) is 0. The molecule has 116 valence electrons. The lowest BCUT2D eigenvalue weighted by molar-refractivity contribution is -0.0138. The van der Waals surface area contributed by atoms with Gasteiger partial charge in [-0.2, -0.15) is 5.10 Å². The van der Waals surface area contributed by atoms with Crippen LogP contribution in [-0.4, -0.2) is 29.5 Å². The Kier molecular flexibility index (Phi) is 6.69. The van der Waals surface area contributed by atoms with Gasteiger partial charge in [0.2, 0.25) is 0 Å². The van der Waals surface area contributed by atoms with Crippen molar-refractivity contribution in [2.45, 2.75) is 59.7 Å². The fourth-order valence-corrected chi connectivity index (χ4v) is 3.17. The van der Waals surface area contributed by atoms with Crippen LogP contribution >= 0.6 is 15.9 Å². The molecule has 0 saturated heterocycles.